The van der Waals surface area contributed by atoms with Crippen LogP contribution in [0, 0.1) is 11.8 Å². The van der Waals surface area contributed by atoms with Crippen molar-refractivity contribution in [2.45, 2.75) is 33.2 Å². The molecule has 1 heterocycles. The van der Waals surface area contributed by atoms with Gasteiger partial charge in [0, 0.05) is 18.9 Å². The van der Waals surface area contributed by atoms with E-state index in [1.807, 2.05) is 12.4 Å². The highest BCUT2D eigenvalue weighted by molar-refractivity contribution is 5.09. The van der Waals surface area contributed by atoms with Crippen LogP contribution in [0.25, 0.3) is 0 Å². The third kappa shape index (κ3) is 6.12. The Labute approximate surface area is 111 Å². The second-order valence-corrected chi connectivity index (χ2v) is 5.61. The molecule has 0 fully saturated rings. The van der Waals surface area contributed by atoms with E-state index in [1.165, 1.54) is 18.4 Å². The lowest BCUT2D eigenvalue weighted by molar-refractivity contribution is 0.278. The summed E-state index contributed by atoms with van der Waals surface area (Å²) in [5, 5.41) is 0. The molecule has 1 atom stereocenters. The van der Waals surface area contributed by atoms with E-state index >= 15 is 0 Å². The fraction of sp³-hybridized carbons (Fsp3) is 0.667. The molecular weight excluding hydrogens is 222 g/mol. The average molecular weight is 249 g/mol. The minimum atomic E-state index is 0.657. The number of nitrogens with zero attached hydrogens (tertiary/aromatic N) is 2. The van der Waals surface area contributed by atoms with Gasteiger partial charge in [-0.05, 0) is 62.5 Å². The fourth-order valence-corrected chi connectivity index (χ4v) is 2.28. The normalized spacial score (nSPS) is 13.2. The monoisotopic (exact) mass is 249 g/mol. The molecule has 18 heavy (non-hydrogen) atoms. The van der Waals surface area contributed by atoms with Crippen molar-refractivity contribution in [3.05, 3.63) is 30.1 Å². The summed E-state index contributed by atoms with van der Waals surface area (Å²) in [6.45, 7) is 7.44. The average Bonchev–Trinajstić information content (AvgIpc) is 2.35. The Hall–Kier alpha value is -0.930. The van der Waals surface area contributed by atoms with Crippen LogP contribution in [0.2, 0.25) is 0 Å². The summed E-state index contributed by atoms with van der Waals surface area (Å²) in [4.78, 5) is 6.40. The summed E-state index contributed by atoms with van der Waals surface area (Å²) < 4.78 is 0. The zero-order valence-electron chi connectivity index (χ0n) is 12.0. The number of rotatable bonds is 8. The molecule has 0 aliphatic carbocycles. The van der Waals surface area contributed by atoms with E-state index in [2.05, 4.69) is 42.9 Å². The predicted octanol–water partition coefficient (Wildman–Crippen LogP) is 2.52. The number of aromatic nitrogens is 1. The molecule has 0 aliphatic rings. The van der Waals surface area contributed by atoms with Gasteiger partial charge in [-0.25, -0.2) is 0 Å². The molecule has 1 aromatic heterocycles. The largest absolute Gasteiger partial charge is 0.330 e. The van der Waals surface area contributed by atoms with Crippen molar-refractivity contribution < 1.29 is 0 Å². The molecular formula is C15H27N3. The molecule has 0 saturated heterocycles. The lowest BCUT2D eigenvalue weighted by atomic mass is 9.94. The van der Waals surface area contributed by atoms with Crippen LogP contribution in [0.4, 0.5) is 0 Å². The molecule has 3 nitrogen and oxygen atoms in total. The first kappa shape index (κ1) is 15.1. The van der Waals surface area contributed by atoms with Gasteiger partial charge in [0.05, 0.1) is 0 Å². The summed E-state index contributed by atoms with van der Waals surface area (Å²) in [6.07, 6.45) is 6.13. The van der Waals surface area contributed by atoms with Crippen molar-refractivity contribution in [2.24, 2.45) is 17.6 Å². The smallest absolute Gasteiger partial charge is 0.0271 e. The van der Waals surface area contributed by atoms with Crippen LogP contribution in [-0.2, 0) is 6.54 Å². The SMILES string of the molecule is CC(C)CC(CN)CCN(C)Cc1ccncc1. The Bertz CT molecular complexity index is 311. The van der Waals surface area contributed by atoms with Gasteiger partial charge in [0.2, 0.25) is 0 Å². The third-order valence-corrected chi connectivity index (χ3v) is 3.26. The molecule has 0 aromatic carbocycles. The minimum absolute atomic E-state index is 0.657. The van der Waals surface area contributed by atoms with E-state index in [-0.39, 0.29) is 0 Å². The Morgan fingerprint density at radius 2 is 1.94 bits per heavy atom. The van der Waals surface area contributed by atoms with Crippen LogP contribution in [-0.4, -0.2) is 30.0 Å². The van der Waals surface area contributed by atoms with Crippen LogP contribution in [0.15, 0.2) is 24.5 Å². The highest BCUT2D eigenvalue weighted by atomic mass is 15.1. The minimum Gasteiger partial charge on any atom is -0.330 e. The molecule has 0 aliphatic heterocycles. The maximum Gasteiger partial charge on any atom is 0.0271 e. The number of hydrogen-bond acceptors (Lipinski definition) is 3. The van der Waals surface area contributed by atoms with Gasteiger partial charge in [0.1, 0.15) is 0 Å². The van der Waals surface area contributed by atoms with Gasteiger partial charge in [0.15, 0.2) is 0 Å². The topological polar surface area (TPSA) is 42.1 Å². The van der Waals surface area contributed by atoms with Crippen molar-refractivity contribution in [2.75, 3.05) is 20.1 Å². The summed E-state index contributed by atoms with van der Waals surface area (Å²) in [7, 11) is 2.17. The van der Waals surface area contributed by atoms with Gasteiger partial charge in [-0.2, -0.15) is 0 Å². The zero-order chi connectivity index (χ0) is 13.4. The molecule has 0 amide bonds. The molecule has 102 valence electrons. The molecule has 0 saturated carbocycles. The number of hydrogen-bond donors (Lipinski definition) is 1. The summed E-state index contributed by atoms with van der Waals surface area (Å²) in [5.41, 5.74) is 7.15. The highest BCUT2D eigenvalue weighted by Crippen LogP contribution is 2.15. The Morgan fingerprint density at radius 1 is 1.28 bits per heavy atom. The van der Waals surface area contributed by atoms with Crippen LogP contribution in [0.1, 0.15) is 32.3 Å². The quantitative estimate of drug-likeness (QED) is 0.770. The van der Waals surface area contributed by atoms with E-state index in [1.54, 1.807) is 0 Å². The Balaban J connectivity index is 2.29. The molecule has 0 radical (unpaired) electrons. The van der Waals surface area contributed by atoms with Crippen LogP contribution in [0.3, 0.4) is 0 Å². The first-order valence-electron chi connectivity index (χ1n) is 6.89. The first-order chi connectivity index (χ1) is 8.61. The molecule has 0 spiro atoms. The number of nitrogens with two attached hydrogens (primary N) is 1. The Morgan fingerprint density at radius 3 is 2.50 bits per heavy atom. The van der Waals surface area contributed by atoms with Gasteiger partial charge in [0.25, 0.3) is 0 Å². The molecule has 1 unspecified atom stereocenters. The molecule has 0 bridgehead atoms. The zero-order valence-corrected chi connectivity index (χ0v) is 12.0. The predicted molar refractivity (Wildman–Crippen MR) is 77.2 cm³/mol. The molecule has 2 N–H and O–H groups in total. The van der Waals surface area contributed by atoms with Crippen molar-refractivity contribution in [3.8, 4) is 0 Å². The van der Waals surface area contributed by atoms with Gasteiger partial charge in [-0.15, -0.1) is 0 Å². The molecule has 1 aromatic rings. The highest BCUT2D eigenvalue weighted by Gasteiger charge is 2.10. The lowest BCUT2D eigenvalue weighted by Gasteiger charge is -2.22. The van der Waals surface area contributed by atoms with Gasteiger partial charge < -0.3 is 10.6 Å². The van der Waals surface area contributed by atoms with E-state index in [0.29, 0.717) is 5.92 Å². The standard InChI is InChI=1S/C15H27N3/c1-13(2)10-15(11-16)6-9-18(3)12-14-4-7-17-8-5-14/h4-5,7-8,13,15H,6,9-12,16H2,1-3H3. The summed E-state index contributed by atoms with van der Waals surface area (Å²) >= 11 is 0. The lowest BCUT2D eigenvalue weighted by Crippen LogP contribution is -2.25. The van der Waals surface area contributed by atoms with Crippen LogP contribution < -0.4 is 5.73 Å². The van der Waals surface area contributed by atoms with E-state index in [0.717, 1.165) is 25.6 Å². The summed E-state index contributed by atoms with van der Waals surface area (Å²) in [6, 6.07) is 4.15. The van der Waals surface area contributed by atoms with Crippen molar-refractivity contribution in [3.63, 3.8) is 0 Å². The van der Waals surface area contributed by atoms with Gasteiger partial charge in [-0.3, -0.25) is 4.98 Å². The maximum absolute atomic E-state index is 5.83. The summed E-state index contributed by atoms with van der Waals surface area (Å²) in [5.74, 6) is 1.40. The number of pyridine rings is 1. The maximum atomic E-state index is 5.83. The first-order valence-corrected chi connectivity index (χ1v) is 6.89. The second-order valence-electron chi connectivity index (χ2n) is 5.61. The Kier molecular flexibility index (Phi) is 6.91. The van der Waals surface area contributed by atoms with Gasteiger partial charge >= 0.3 is 0 Å². The van der Waals surface area contributed by atoms with E-state index in [4.69, 9.17) is 5.73 Å². The van der Waals surface area contributed by atoms with Crippen LogP contribution in [0.5, 0.6) is 0 Å². The van der Waals surface area contributed by atoms with Crippen molar-refractivity contribution in [1.29, 1.82) is 0 Å². The second kappa shape index (κ2) is 8.22. The van der Waals surface area contributed by atoms with Crippen molar-refractivity contribution in [1.82, 2.24) is 9.88 Å². The van der Waals surface area contributed by atoms with Crippen LogP contribution >= 0.6 is 0 Å². The molecule has 1 rings (SSSR count). The third-order valence-electron chi connectivity index (χ3n) is 3.26. The fourth-order valence-electron chi connectivity index (χ4n) is 2.28. The van der Waals surface area contributed by atoms with Crippen molar-refractivity contribution >= 4 is 0 Å². The van der Waals surface area contributed by atoms with Gasteiger partial charge in [-0.1, -0.05) is 13.8 Å². The van der Waals surface area contributed by atoms with E-state index in [9.17, 15) is 0 Å². The molecule has 3 heteroatoms. The van der Waals surface area contributed by atoms with E-state index < -0.39 is 0 Å².